The molecule has 3 N–H and O–H groups in total. The minimum atomic E-state index is -0.889. The molecule has 1 rings (SSSR count). The first-order valence-electron chi connectivity index (χ1n) is 6.85. The Hall–Kier alpha value is -1.56. The van der Waals surface area contributed by atoms with Crippen molar-refractivity contribution < 1.29 is 14.7 Å². The molecule has 1 aromatic carbocycles. The first-order valence-corrected chi connectivity index (χ1v) is 7.64. The average molecular weight is 357 g/mol. The van der Waals surface area contributed by atoms with Gasteiger partial charge in [0.2, 0.25) is 0 Å². The van der Waals surface area contributed by atoms with Crippen LogP contribution in [0.3, 0.4) is 0 Å². The summed E-state index contributed by atoms with van der Waals surface area (Å²) in [5, 5.41) is 14.6. The number of carboxylic acids is 1. The van der Waals surface area contributed by atoms with Gasteiger partial charge in [0.15, 0.2) is 0 Å². The van der Waals surface area contributed by atoms with E-state index in [-0.39, 0.29) is 5.92 Å². The Morgan fingerprint density at radius 2 is 1.76 bits per heavy atom. The largest absolute Gasteiger partial charge is 0.481 e. The number of anilines is 1. The van der Waals surface area contributed by atoms with Crippen LogP contribution in [0.2, 0.25) is 0 Å². The number of urea groups is 1. The lowest BCUT2D eigenvalue weighted by Crippen LogP contribution is -2.43. The molecule has 6 heteroatoms. The van der Waals surface area contributed by atoms with Crippen molar-refractivity contribution in [2.24, 2.45) is 11.8 Å². The first-order chi connectivity index (χ1) is 9.79. The Labute approximate surface area is 133 Å². The predicted molar refractivity (Wildman–Crippen MR) is 86.3 cm³/mol. The van der Waals surface area contributed by atoms with Gasteiger partial charge in [-0.3, -0.25) is 4.79 Å². The monoisotopic (exact) mass is 356 g/mol. The van der Waals surface area contributed by atoms with Crippen LogP contribution in [0.15, 0.2) is 28.7 Å². The molecule has 0 spiro atoms. The molecule has 0 fully saturated rings. The lowest BCUT2D eigenvalue weighted by atomic mass is 9.91. The van der Waals surface area contributed by atoms with E-state index in [1.807, 2.05) is 26.0 Å². The zero-order valence-electron chi connectivity index (χ0n) is 12.4. The average Bonchev–Trinajstić information content (AvgIpc) is 2.38. The summed E-state index contributed by atoms with van der Waals surface area (Å²) in [4.78, 5) is 23.2. The fourth-order valence-corrected chi connectivity index (χ4v) is 2.30. The van der Waals surface area contributed by atoms with E-state index < -0.39 is 24.0 Å². The summed E-state index contributed by atoms with van der Waals surface area (Å²) in [7, 11) is 0. The highest BCUT2D eigenvalue weighted by Gasteiger charge is 2.26. The van der Waals surface area contributed by atoms with Crippen LogP contribution in [-0.4, -0.2) is 23.1 Å². The van der Waals surface area contributed by atoms with Crippen LogP contribution in [0.4, 0.5) is 10.5 Å². The fourth-order valence-electron chi connectivity index (χ4n) is 2.03. The normalized spacial score (nSPS) is 13.6. The fraction of sp³-hybridized carbons (Fsp3) is 0.467. The van der Waals surface area contributed by atoms with Gasteiger partial charge < -0.3 is 15.7 Å². The number of rotatable bonds is 6. The van der Waals surface area contributed by atoms with Gasteiger partial charge in [-0.15, -0.1) is 0 Å². The van der Waals surface area contributed by atoms with E-state index in [0.29, 0.717) is 12.1 Å². The van der Waals surface area contributed by atoms with Crippen LogP contribution in [0.25, 0.3) is 0 Å². The van der Waals surface area contributed by atoms with Crippen molar-refractivity contribution in [3.05, 3.63) is 28.7 Å². The third-order valence-electron chi connectivity index (χ3n) is 3.11. The summed E-state index contributed by atoms with van der Waals surface area (Å²) in [5.74, 6) is -1.23. The van der Waals surface area contributed by atoms with Gasteiger partial charge in [-0.05, 0) is 43.5 Å². The number of carbonyl (C=O) groups excluding carboxylic acids is 1. The Morgan fingerprint density at radius 1 is 1.19 bits per heavy atom. The first kappa shape index (κ1) is 17.5. The van der Waals surface area contributed by atoms with E-state index in [1.165, 1.54) is 0 Å². The molecule has 0 bridgehead atoms. The quantitative estimate of drug-likeness (QED) is 0.726. The van der Waals surface area contributed by atoms with Crippen molar-refractivity contribution in [3.8, 4) is 0 Å². The highest BCUT2D eigenvalue weighted by atomic mass is 79.9. The SMILES string of the molecule is CC(C)C[C@@H](C(=O)O)[C@H](C)NC(=O)Nc1ccc(Br)cc1. The topological polar surface area (TPSA) is 78.4 Å². The molecule has 1 aromatic rings. The number of hydrogen-bond acceptors (Lipinski definition) is 2. The Kier molecular flexibility index (Phi) is 6.68. The van der Waals surface area contributed by atoms with Gasteiger partial charge in [0.1, 0.15) is 0 Å². The van der Waals surface area contributed by atoms with E-state index in [1.54, 1.807) is 19.1 Å². The molecule has 2 atom stereocenters. The van der Waals surface area contributed by atoms with Gasteiger partial charge in [-0.25, -0.2) is 4.79 Å². The minimum Gasteiger partial charge on any atom is -0.481 e. The van der Waals surface area contributed by atoms with Crippen molar-refractivity contribution in [1.29, 1.82) is 0 Å². The predicted octanol–water partition coefficient (Wildman–Crippen LogP) is 3.71. The van der Waals surface area contributed by atoms with E-state index in [9.17, 15) is 14.7 Å². The third kappa shape index (κ3) is 6.16. The zero-order valence-corrected chi connectivity index (χ0v) is 14.0. The summed E-state index contributed by atoms with van der Waals surface area (Å²) in [6, 6.07) is 6.31. The summed E-state index contributed by atoms with van der Waals surface area (Å²) in [6.45, 7) is 5.64. The van der Waals surface area contributed by atoms with Gasteiger partial charge in [-0.1, -0.05) is 29.8 Å². The lowest BCUT2D eigenvalue weighted by Gasteiger charge is -2.23. The van der Waals surface area contributed by atoms with Crippen LogP contribution in [0, 0.1) is 11.8 Å². The molecule has 116 valence electrons. The van der Waals surface area contributed by atoms with Crippen molar-refractivity contribution in [3.63, 3.8) is 0 Å². The van der Waals surface area contributed by atoms with Crippen LogP contribution in [0.5, 0.6) is 0 Å². The number of nitrogens with one attached hydrogen (secondary N) is 2. The number of aliphatic carboxylic acids is 1. The molecule has 0 aromatic heterocycles. The molecule has 0 aliphatic heterocycles. The maximum absolute atomic E-state index is 11.9. The summed E-state index contributed by atoms with van der Waals surface area (Å²) in [5.41, 5.74) is 0.652. The molecule has 21 heavy (non-hydrogen) atoms. The molecule has 2 amide bonds. The number of hydrogen-bond donors (Lipinski definition) is 3. The molecule has 0 saturated heterocycles. The molecular formula is C15H21BrN2O3. The van der Waals surface area contributed by atoms with Crippen molar-refractivity contribution in [2.45, 2.75) is 33.2 Å². The zero-order chi connectivity index (χ0) is 16.0. The van der Waals surface area contributed by atoms with Crippen LogP contribution >= 0.6 is 15.9 Å². The number of benzene rings is 1. The maximum Gasteiger partial charge on any atom is 0.319 e. The third-order valence-corrected chi connectivity index (χ3v) is 3.64. The van der Waals surface area contributed by atoms with Gasteiger partial charge in [-0.2, -0.15) is 0 Å². The smallest absolute Gasteiger partial charge is 0.319 e. The van der Waals surface area contributed by atoms with Gasteiger partial charge >= 0.3 is 12.0 Å². The van der Waals surface area contributed by atoms with Gasteiger partial charge in [0.25, 0.3) is 0 Å². The second kappa shape index (κ2) is 8.02. The van der Waals surface area contributed by atoms with E-state index in [2.05, 4.69) is 26.6 Å². The maximum atomic E-state index is 11.9. The number of halogens is 1. The minimum absolute atomic E-state index is 0.255. The molecular weight excluding hydrogens is 336 g/mol. The summed E-state index contributed by atoms with van der Waals surface area (Å²) in [6.07, 6.45) is 0.523. The molecule has 0 aliphatic rings. The van der Waals surface area contributed by atoms with Crippen molar-refractivity contribution >= 4 is 33.6 Å². The molecule has 5 nitrogen and oxygen atoms in total. The molecule has 0 unspecified atom stereocenters. The second-order valence-electron chi connectivity index (χ2n) is 5.47. The molecule has 0 saturated carbocycles. The number of carbonyl (C=O) groups is 2. The molecule has 0 heterocycles. The van der Waals surface area contributed by atoms with Crippen LogP contribution in [0.1, 0.15) is 27.2 Å². The van der Waals surface area contributed by atoms with Crippen LogP contribution in [-0.2, 0) is 4.79 Å². The second-order valence-corrected chi connectivity index (χ2v) is 6.38. The van der Waals surface area contributed by atoms with Crippen molar-refractivity contribution in [2.75, 3.05) is 5.32 Å². The van der Waals surface area contributed by atoms with Gasteiger partial charge in [0.05, 0.1) is 5.92 Å². The summed E-state index contributed by atoms with van der Waals surface area (Å²) < 4.78 is 0.921. The van der Waals surface area contributed by atoms with E-state index in [0.717, 1.165) is 4.47 Å². The number of carboxylic acid groups (broad SMARTS) is 1. The standard InChI is InChI=1S/C15H21BrN2O3/c1-9(2)8-13(14(19)20)10(3)17-15(21)18-12-6-4-11(16)5-7-12/h4-7,9-10,13H,8H2,1-3H3,(H,19,20)(H2,17,18,21)/t10-,13+/m0/s1. The Balaban J connectivity index is 2.59. The highest BCUT2D eigenvalue weighted by molar-refractivity contribution is 9.10. The van der Waals surface area contributed by atoms with Gasteiger partial charge in [0, 0.05) is 16.2 Å². The summed E-state index contributed by atoms with van der Waals surface area (Å²) >= 11 is 3.32. The molecule has 0 aliphatic carbocycles. The van der Waals surface area contributed by atoms with E-state index in [4.69, 9.17) is 0 Å². The van der Waals surface area contributed by atoms with E-state index >= 15 is 0 Å². The Bertz CT molecular complexity index is 488. The van der Waals surface area contributed by atoms with Crippen molar-refractivity contribution in [1.82, 2.24) is 5.32 Å². The highest BCUT2D eigenvalue weighted by Crippen LogP contribution is 2.17. The number of amides is 2. The molecule has 0 radical (unpaired) electrons. The van der Waals surface area contributed by atoms with Crippen LogP contribution < -0.4 is 10.6 Å². The lowest BCUT2D eigenvalue weighted by molar-refractivity contribution is -0.143. The Morgan fingerprint density at radius 3 is 2.24 bits per heavy atom.